The maximum atomic E-state index is 5.57. The molecule has 0 atom stereocenters. The minimum absolute atomic E-state index is 0.631. The molecule has 0 radical (unpaired) electrons. The Morgan fingerprint density at radius 2 is 1.89 bits per heavy atom. The minimum Gasteiger partial charge on any atom is -0.379 e. The molecule has 0 saturated carbocycles. The number of ether oxygens (including phenoxy) is 2. The van der Waals surface area contributed by atoms with Crippen molar-refractivity contribution in [1.82, 2.24) is 15.6 Å². The zero-order valence-electron chi connectivity index (χ0n) is 17.6. The van der Waals surface area contributed by atoms with Crippen molar-refractivity contribution in [2.24, 2.45) is 4.99 Å². The lowest BCUT2D eigenvalue weighted by molar-refractivity contribution is 0.0487. The van der Waals surface area contributed by atoms with Gasteiger partial charge in [0.25, 0.3) is 0 Å². The molecule has 28 heavy (non-hydrogen) atoms. The van der Waals surface area contributed by atoms with Crippen LogP contribution in [0.5, 0.6) is 0 Å². The van der Waals surface area contributed by atoms with Gasteiger partial charge in [-0.2, -0.15) is 0 Å². The van der Waals surface area contributed by atoms with Crippen molar-refractivity contribution >= 4 is 11.8 Å². The number of hydrogen-bond acceptors (Lipinski definition) is 5. The Morgan fingerprint density at radius 3 is 2.64 bits per heavy atom. The molecule has 2 heterocycles. The number of aliphatic imine (C=N–C) groups is 1. The van der Waals surface area contributed by atoms with Gasteiger partial charge in [-0.3, -0.25) is 4.99 Å². The van der Waals surface area contributed by atoms with E-state index in [9.17, 15) is 0 Å². The molecular weight excluding hydrogens is 354 g/mol. The fourth-order valence-corrected chi connectivity index (χ4v) is 3.08. The van der Waals surface area contributed by atoms with Crippen LogP contribution in [0.15, 0.2) is 23.3 Å². The van der Waals surface area contributed by atoms with Crippen molar-refractivity contribution < 1.29 is 9.47 Å². The topological polar surface area (TPSA) is 71.0 Å². The Morgan fingerprint density at radius 1 is 1.11 bits per heavy atom. The highest BCUT2D eigenvalue weighted by Gasteiger charge is 2.12. The highest BCUT2D eigenvalue weighted by molar-refractivity contribution is 5.79. The van der Waals surface area contributed by atoms with Crippen LogP contribution >= 0.6 is 0 Å². The van der Waals surface area contributed by atoms with Gasteiger partial charge in [0.1, 0.15) is 5.82 Å². The molecule has 2 N–H and O–H groups in total. The number of nitrogens with one attached hydrogen (secondary N) is 2. The van der Waals surface area contributed by atoms with E-state index in [4.69, 9.17) is 9.47 Å². The van der Waals surface area contributed by atoms with Gasteiger partial charge < -0.3 is 25.0 Å². The maximum absolute atomic E-state index is 5.57. The van der Waals surface area contributed by atoms with Crippen LogP contribution in [0.1, 0.15) is 44.6 Å². The smallest absolute Gasteiger partial charge is 0.191 e. The molecule has 7 heteroatoms. The summed E-state index contributed by atoms with van der Waals surface area (Å²) in [6.07, 6.45) is 8.01. The summed E-state index contributed by atoms with van der Waals surface area (Å²) in [5.41, 5.74) is 1.21. The van der Waals surface area contributed by atoms with Gasteiger partial charge in [0, 0.05) is 46.0 Å². The molecule has 0 unspecified atom stereocenters. The number of aromatic nitrogens is 1. The highest BCUT2D eigenvalue weighted by Crippen LogP contribution is 2.18. The third kappa shape index (κ3) is 8.89. The zero-order valence-corrected chi connectivity index (χ0v) is 17.6. The Kier molecular flexibility index (Phi) is 11.4. The molecule has 1 fully saturated rings. The van der Waals surface area contributed by atoms with Crippen molar-refractivity contribution in [1.29, 1.82) is 0 Å². The van der Waals surface area contributed by atoms with Gasteiger partial charge in [0.15, 0.2) is 5.96 Å². The summed E-state index contributed by atoms with van der Waals surface area (Å²) < 4.78 is 11.0. The van der Waals surface area contributed by atoms with E-state index in [2.05, 4.69) is 44.6 Å². The van der Waals surface area contributed by atoms with Crippen molar-refractivity contribution in [3.8, 4) is 0 Å². The Hall–Kier alpha value is -1.86. The quantitative estimate of drug-likeness (QED) is 0.324. The standard InChI is InChI=1S/C21H37N5O2/c1-3-4-13-27-15-16-28-14-10-24-21(22-2)25-18-19-8-9-23-20(17-19)26-11-6-5-7-12-26/h8-9,17H,3-7,10-16,18H2,1-2H3,(H2,22,24,25). The summed E-state index contributed by atoms with van der Waals surface area (Å²) >= 11 is 0. The van der Waals surface area contributed by atoms with Crippen LogP contribution in [0.25, 0.3) is 0 Å². The first-order chi connectivity index (χ1) is 13.8. The van der Waals surface area contributed by atoms with E-state index >= 15 is 0 Å². The third-order valence-electron chi connectivity index (χ3n) is 4.73. The Balaban J connectivity index is 1.61. The van der Waals surface area contributed by atoms with E-state index < -0.39 is 0 Å². The molecule has 1 aromatic rings. The van der Waals surface area contributed by atoms with Gasteiger partial charge in [-0.15, -0.1) is 0 Å². The van der Waals surface area contributed by atoms with Gasteiger partial charge in [-0.05, 0) is 43.4 Å². The van der Waals surface area contributed by atoms with Crippen LogP contribution in [-0.4, -0.2) is 64.1 Å². The van der Waals surface area contributed by atoms with E-state index in [1.807, 2.05) is 6.20 Å². The number of anilines is 1. The van der Waals surface area contributed by atoms with E-state index in [0.717, 1.165) is 50.9 Å². The normalized spacial score (nSPS) is 14.9. The summed E-state index contributed by atoms with van der Waals surface area (Å²) in [5.74, 6) is 1.86. The lowest BCUT2D eigenvalue weighted by Crippen LogP contribution is -2.38. The van der Waals surface area contributed by atoms with Crippen molar-refractivity contribution in [2.75, 3.05) is 58.0 Å². The Labute approximate surface area is 169 Å². The second-order valence-corrected chi connectivity index (χ2v) is 7.00. The molecule has 0 amide bonds. The number of guanidine groups is 1. The zero-order chi connectivity index (χ0) is 19.9. The molecule has 1 saturated heterocycles. The predicted molar refractivity (Wildman–Crippen MR) is 115 cm³/mol. The summed E-state index contributed by atoms with van der Waals surface area (Å²) in [4.78, 5) is 11.2. The van der Waals surface area contributed by atoms with Gasteiger partial charge in [-0.1, -0.05) is 13.3 Å². The minimum atomic E-state index is 0.631. The molecule has 0 aliphatic carbocycles. The van der Waals surface area contributed by atoms with Crippen molar-refractivity contribution in [3.05, 3.63) is 23.9 Å². The molecule has 0 spiro atoms. The number of piperidine rings is 1. The summed E-state index contributed by atoms with van der Waals surface area (Å²) in [7, 11) is 1.78. The number of unbranched alkanes of at least 4 members (excludes halogenated alkanes) is 1. The molecule has 158 valence electrons. The van der Waals surface area contributed by atoms with Gasteiger partial charge >= 0.3 is 0 Å². The predicted octanol–water partition coefficient (Wildman–Crippen LogP) is 2.57. The molecular formula is C21H37N5O2. The number of nitrogens with zero attached hydrogens (tertiary/aromatic N) is 3. The van der Waals surface area contributed by atoms with E-state index in [1.54, 1.807) is 7.05 Å². The first-order valence-electron chi connectivity index (χ1n) is 10.6. The van der Waals surface area contributed by atoms with E-state index in [1.165, 1.54) is 24.8 Å². The first-order valence-corrected chi connectivity index (χ1v) is 10.6. The summed E-state index contributed by atoms with van der Waals surface area (Å²) in [6, 6.07) is 4.22. The van der Waals surface area contributed by atoms with Gasteiger partial charge in [0.2, 0.25) is 0 Å². The van der Waals surface area contributed by atoms with Crippen molar-refractivity contribution in [2.45, 2.75) is 45.6 Å². The van der Waals surface area contributed by atoms with E-state index in [0.29, 0.717) is 26.4 Å². The van der Waals surface area contributed by atoms with Crippen LogP contribution < -0.4 is 15.5 Å². The average Bonchev–Trinajstić information content (AvgIpc) is 2.75. The first kappa shape index (κ1) is 22.4. The lowest BCUT2D eigenvalue weighted by atomic mass is 10.1. The van der Waals surface area contributed by atoms with Crippen LogP contribution in [-0.2, 0) is 16.0 Å². The average molecular weight is 392 g/mol. The van der Waals surface area contributed by atoms with Crippen LogP contribution in [0.4, 0.5) is 5.82 Å². The lowest BCUT2D eigenvalue weighted by Gasteiger charge is -2.28. The highest BCUT2D eigenvalue weighted by atomic mass is 16.5. The second kappa shape index (κ2) is 14.2. The largest absolute Gasteiger partial charge is 0.379 e. The summed E-state index contributed by atoms with van der Waals surface area (Å²) in [6.45, 7) is 8.55. The number of rotatable bonds is 12. The Bertz CT molecular complexity index is 561. The van der Waals surface area contributed by atoms with Crippen LogP contribution in [0, 0.1) is 0 Å². The molecule has 7 nitrogen and oxygen atoms in total. The van der Waals surface area contributed by atoms with Crippen molar-refractivity contribution in [3.63, 3.8) is 0 Å². The van der Waals surface area contributed by atoms with E-state index in [-0.39, 0.29) is 0 Å². The summed E-state index contributed by atoms with van der Waals surface area (Å²) in [5, 5.41) is 6.63. The second-order valence-electron chi connectivity index (χ2n) is 7.00. The molecule has 2 rings (SSSR count). The molecule has 0 bridgehead atoms. The fraction of sp³-hybridized carbons (Fsp3) is 0.714. The van der Waals surface area contributed by atoms with Crippen LogP contribution in [0.3, 0.4) is 0 Å². The number of hydrogen-bond donors (Lipinski definition) is 2. The van der Waals surface area contributed by atoms with Gasteiger partial charge in [0.05, 0.1) is 19.8 Å². The third-order valence-corrected chi connectivity index (χ3v) is 4.73. The SMILES string of the molecule is CCCCOCCOCCNC(=NC)NCc1ccnc(N2CCCCC2)c1. The molecule has 0 aromatic carbocycles. The number of pyridine rings is 1. The van der Waals surface area contributed by atoms with Crippen LogP contribution in [0.2, 0.25) is 0 Å². The molecule has 1 aliphatic heterocycles. The maximum Gasteiger partial charge on any atom is 0.191 e. The molecule has 1 aliphatic rings. The monoisotopic (exact) mass is 391 g/mol. The molecule has 1 aromatic heterocycles. The van der Waals surface area contributed by atoms with Gasteiger partial charge in [-0.25, -0.2) is 4.98 Å². The fourth-order valence-electron chi connectivity index (χ4n) is 3.08.